The van der Waals surface area contributed by atoms with E-state index in [1.165, 1.54) is 11.3 Å². The Bertz CT molecular complexity index is 466. The molecular weight excluding hydrogens is 226 g/mol. The lowest BCUT2D eigenvalue weighted by Crippen LogP contribution is -2.12. The van der Waals surface area contributed by atoms with Crippen LogP contribution in [-0.2, 0) is 0 Å². The maximum absolute atomic E-state index is 5.57. The van der Waals surface area contributed by atoms with E-state index in [-0.39, 0.29) is 6.04 Å². The summed E-state index contributed by atoms with van der Waals surface area (Å²) in [5.41, 5.74) is 0. The first kappa shape index (κ1) is 11.1. The van der Waals surface area contributed by atoms with Crippen molar-refractivity contribution < 1.29 is 9.15 Å². The van der Waals surface area contributed by atoms with Gasteiger partial charge in [0.05, 0.1) is 13.2 Å². The fourth-order valence-corrected chi connectivity index (χ4v) is 2.02. The van der Waals surface area contributed by atoms with Crippen LogP contribution in [0.2, 0.25) is 0 Å². The molecule has 2 rings (SSSR count). The highest BCUT2D eigenvalue weighted by molar-refractivity contribution is 7.13. The second-order valence-electron chi connectivity index (χ2n) is 3.27. The minimum absolute atomic E-state index is 0.0483. The molecule has 0 aromatic carbocycles. The summed E-state index contributed by atoms with van der Waals surface area (Å²) in [5, 5.41) is 13.0. The van der Waals surface area contributed by atoms with Gasteiger partial charge in [-0.2, -0.15) is 0 Å². The van der Waals surface area contributed by atoms with E-state index >= 15 is 0 Å². The van der Waals surface area contributed by atoms with E-state index in [9.17, 15) is 0 Å². The van der Waals surface area contributed by atoms with E-state index in [0.29, 0.717) is 11.8 Å². The number of methoxy groups -OCH3 is 1. The Balaban J connectivity index is 2.31. The standard InChI is InChI=1S/C10H13N3O2S/c1-6(11-2)9-12-13-10(15-9)8-7(14-3)4-5-16-8/h4-6,11H,1-3H3. The van der Waals surface area contributed by atoms with Gasteiger partial charge in [0.2, 0.25) is 5.89 Å². The van der Waals surface area contributed by atoms with Gasteiger partial charge in [0, 0.05) is 0 Å². The minimum atomic E-state index is 0.0483. The fraction of sp³-hybridized carbons (Fsp3) is 0.400. The Hall–Kier alpha value is -1.40. The Kier molecular flexibility index (Phi) is 3.21. The molecule has 0 aliphatic rings. The van der Waals surface area contributed by atoms with Crippen molar-refractivity contribution in [1.29, 1.82) is 0 Å². The monoisotopic (exact) mass is 239 g/mol. The molecule has 1 unspecified atom stereocenters. The second-order valence-corrected chi connectivity index (χ2v) is 4.19. The molecule has 0 fully saturated rings. The molecule has 16 heavy (non-hydrogen) atoms. The maximum atomic E-state index is 5.57. The number of thiophene rings is 1. The molecule has 0 aliphatic heterocycles. The Morgan fingerprint density at radius 1 is 1.50 bits per heavy atom. The van der Waals surface area contributed by atoms with Crippen LogP contribution in [-0.4, -0.2) is 24.4 Å². The molecule has 0 amide bonds. The van der Waals surface area contributed by atoms with Crippen LogP contribution in [0.25, 0.3) is 10.8 Å². The molecule has 0 radical (unpaired) electrons. The molecule has 0 saturated heterocycles. The number of rotatable bonds is 4. The van der Waals surface area contributed by atoms with Crippen molar-refractivity contribution in [3.8, 4) is 16.5 Å². The van der Waals surface area contributed by atoms with Crippen molar-refractivity contribution in [3.05, 3.63) is 17.3 Å². The van der Waals surface area contributed by atoms with Gasteiger partial charge in [0.25, 0.3) is 5.89 Å². The van der Waals surface area contributed by atoms with E-state index in [1.54, 1.807) is 7.11 Å². The Morgan fingerprint density at radius 3 is 3.00 bits per heavy atom. The highest BCUT2D eigenvalue weighted by Crippen LogP contribution is 2.34. The van der Waals surface area contributed by atoms with Gasteiger partial charge in [-0.05, 0) is 25.4 Å². The number of nitrogens with one attached hydrogen (secondary N) is 1. The van der Waals surface area contributed by atoms with Gasteiger partial charge in [-0.25, -0.2) is 0 Å². The second kappa shape index (κ2) is 4.63. The van der Waals surface area contributed by atoms with E-state index in [2.05, 4.69) is 15.5 Å². The van der Waals surface area contributed by atoms with E-state index in [0.717, 1.165) is 10.6 Å². The topological polar surface area (TPSA) is 60.2 Å². The highest BCUT2D eigenvalue weighted by Gasteiger charge is 2.17. The number of ether oxygens (including phenoxy) is 1. The van der Waals surface area contributed by atoms with E-state index in [1.807, 2.05) is 25.4 Å². The Morgan fingerprint density at radius 2 is 2.31 bits per heavy atom. The fourth-order valence-electron chi connectivity index (χ4n) is 1.24. The molecule has 86 valence electrons. The molecule has 5 nitrogen and oxygen atoms in total. The van der Waals surface area contributed by atoms with Gasteiger partial charge < -0.3 is 14.5 Å². The maximum Gasteiger partial charge on any atom is 0.261 e. The molecule has 2 aromatic rings. The highest BCUT2D eigenvalue weighted by atomic mass is 32.1. The summed E-state index contributed by atoms with van der Waals surface area (Å²) in [5.74, 6) is 1.84. The average Bonchev–Trinajstić information content (AvgIpc) is 2.95. The summed E-state index contributed by atoms with van der Waals surface area (Å²) < 4.78 is 10.8. The zero-order valence-electron chi connectivity index (χ0n) is 9.35. The largest absolute Gasteiger partial charge is 0.495 e. The van der Waals surface area contributed by atoms with Crippen molar-refractivity contribution in [1.82, 2.24) is 15.5 Å². The predicted octanol–water partition coefficient (Wildman–Crippen LogP) is 2.09. The van der Waals surface area contributed by atoms with Gasteiger partial charge in [-0.3, -0.25) is 0 Å². The van der Waals surface area contributed by atoms with Gasteiger partial charge >= 0.3 is 0 Å². The Labute approximate surface area is 97.5 Å². The first-order valence-corrected chi connectivity index (χ1v) is 5.76. The lowest BCUT2D eigenvalue weighted by atomic mass is 10.3. The molecule has 0 bridgehead atoms. The van der Waals surface area contributed by atoms with Gasteiger partial charge in [0.1, 0.15) is 10.6 Å². The van der Waals surface area contributed by atoms with Crippen molar-refractivity contribution in [3.63, 3.8) is 0 Å². The molecule has 6 heteroatoms. The van der Waals surface area contributed by atoms with Crippen LogP contribution in [0.1, 0.15) is 18.9 Å². The molecule has 2 aromatic heterocycles. The van der Waals surface area contributed by atoms with Crippen LogP contribution in [0.15, 0.2) is 15.9 Å². The smallest absolute Gasteiger partial charge is 0.261 e. The predicted molar refractivity (Wildman–Crippen MR) is 61.6 cm³/mol. The molecular formula is C10H13N3O2S. The van der Waals surface area contributed by atoms with E-state index < -0.39 is 0 Å². The lowest BCUT2D eigenvalue weighted by molar-refractivity contribution is 0.412. The summed E-state index contributed by atoms with van der Waals surface area (Å²) in [6, 6.07) is 1.93. The summed E-state index contributed by atoms with van der Waals surface area (Å²) in [4.78, 5) is 0.865. The quantitative estimate of drug-likeness (QED) is 0.885. The van der Waals surface area contributed by atoms with Crippen LogP contribution >= 0.6 is 11.3 Å². The number of nitrogens with zero attached hydrogens (tertiary/aromatic N) is 2. The number of hydrogen-bond donors (Lipinski definition) is 1. The molecule has 0 spiro atoms. The number of aromatic nitrogens is 2. The van der Waals surface area contributed by atoms with Crippen LogP contribution < -0.4 is 10.1 Å². The SMILES string of the molecule is CNC(C)c1nnc(-c2sccc2OC)o1. The van der Waals surface area contributed by atoms with Gasteiger partial charge in [0.15, 0.2) is 0 Å². The van der Waals surface area contributed by atoms with Crippen molar-refractivity contribution in [2.75, 3.05) is 14.2 Å². The summed E-state index contributed by atoms with van der Waals surface area (Å²) in [6.45, 7) is 1.96. The van der Waals surface area contributed by atoms with Gasteiger partial charge in [-0.15, -0.1) is 21.5 Å². The third kappa shape index (κ3) is 1.94. The average molecular weight is 239 g/mol. The molecule has 0 saturated carbocycles. The zero-order valence-corrected chi connectivity index (χ0v) is 10.2. The molecule has 2 heterocycles. The normalized spacial score (nSPS) is 12.7. The van der Waals surface area contributed by atoms with Crippen LogP contribution in [0.4, 0.5) is 0 Å². The third-order valence-electron chi connectivity index (χ3n) is 2.29. The zero-order chi connectivity index (χ0) is 11.5. The van der Waals surface area contributed by atoms with Crippen molar-refractivity contribution in [2.45, 2.75) is 13.0 Å². The lowest BCUT2D eigenvalue weighted by Gasteiger charge is -2.02. The molecule has 1 N–H and O–H groups in total. The summed E-state index contributed by atoms with van der Waals surface area (Å²) in [7, 11) is 3.47. The van der Waals surface area contributed by atoms with Crippen LogP contribution in [0.5, 0.6) is 5.75 Å². The van der Waals surface area contributed by atoms with Crippen molar-refractivity contribution >= 4 is 11.3 Å². The third-order valence-corrected chi connectivity index (χ3v) is 3.17. The van der Waals surface area contributed by atoms with Crippen LogP contribution in [0.3, 0.4) is 0 Å². The van der Waals surface area contributed by atoms with Gasteiger partial charge in [-0.1, -0.05) is 0 Å². The summed E-state index contributed by atoms with van der Waals surface area (Å²) >= 11 is 1.52. The molecule has 1 atom stereocenters. The van der Waals surface area contributed by atoms with Crippen LogP contribution in [0, 0.1) is 0 Å². The number of hydrogen-bond acceptors (Lipinski definition) is 6. The molecule has 0 aliphatic carbocycles. The summed E-state index contributed by atoms with van der Waals surface area (Å²) in [6.07, 6.45) is 0. The van der Waals surface area contributed by atoms with Crippen molar-refractivity contribution in [2.24, 2.45) is 0 Å². The minimum Gasteiger partial charge on any atom is -0.495 e. The first-order chi connectivity index (χ1) is 7.76. The first-order valence-electron chi connectivity index (χ1n) is 4.88. The van der Waals surface area contributed by atoms with E-state index in [4.69, 9.17) is 9.15 Å².